The highest BCUT2D eigenvalue weighted by molar-refractivity contribution is 8.00. The molecule has 0 aliphatic heterocycles. The summed E-state index contributed by atoms with van der Waals surface area (Å²) in [5, 5.41) is 1.45. The highest BCUT2D eigenvalue weighted by Crippen LogP contribution is 2.51. The zero-order valence-corrected chi connectivity index (χ0v) is 10.1. The van der Waals surface area contributed by atoms with Crippen molar-refractivity contribution in [1.82, 2.24) is 9.97 Å². The fourth-order valence-corrected chi connectivity index (χ4v) is 3.13. The molecule has 1 heterocycles. The van der Waals surface area contributed by atoms with E-state index < -0.39 is 0 Å². The van der Waals surface area contributed by atoms with E-state index in [-0.39, 0.29) is 0 Å². The minimum absolute atomic E-state index is 0.538. The zero-order chi connectivity index (χ0) is 11.7. The van der Waals surface area contributed by atoms with E-state index in [4.69, 9.17) is 5.73 Å². The number of aromatic nitrogens is 2. The third-order valence-electron chi connectivity index (χ3n) is 2.91. The van der Waals surface area contributed by atoms with Crippen LogP contribution < -0.4 is 5.73 Å². The van der Waals surface area contributed by atoms with E-state index in [2.05, 4.69) is 40.3 Å². The Morgan fingerprint density at radius 3 is 2.65 bits per heavy atom. The summed E-state index contributed by atoms with van der Waals surface area (Å²) in [6.45, 7) is 0. The first-order valence-electron chi connectivity index (χ1n) is 5.62. The van der Waals surface area contributed by atoms with Crippen LogP contribution in [0.4, 0.5) is 5.82 Å². The topological polar surface area (TPSA) is 51.8 Å². The van der Waals surface area contributed by atoms with E-state index in [0.717, 1.165) is 5.03 Å². The molecule has 86 valence electrons. The van der Waals surface area contributed by atoms with E-state index in [1.807, 2.05) is 0 Å². The lowest BCUT2D eigenvalue weighted by Gasteiger charge is -2.02. The summed E-state index contributed by atoms with van der Waals surface area (Å²) in [5.41, 5.74) is 7.20. The molecule has 0 amide bonds. The van der Waals surface area contributed by atoms with Crippen molar-refractivity contribution >= 4 is 17.6 Å². The molecule has 1 aromatic carbocycles. The van der Waals surface area contributed by atoms with Gasteiger partial charge in [0.1, 0.15) is 5.03 Å². The Kier molecular flexibility index (Phi) is 2.73. The fraction of sp³-hybridized carbons (Fsp3) is 0.231. The molecule has 1 aliphatic carbocycles. The monoisotopic (exact) mass is 243 g/mol. The third kappa shape index (κ3) is 2.26. The molecular weight excluding hydrogens is 230 g/mol. The highest BCUT2D eigenvalue weighted by Gasteiger charge is 2.39. The highest BCUT2D eigenvalue weighted by atomic mass is 32.2. The lowest BCUT2D eigenvalue weighted by Crippen LogP contribution is -1.95. The number of thioether (sulfide) groups is 1. The molecule has 1 fully saturated rings. The Morgan fingerprint density at radius 1 is 1.12 bits per heavy atom. The van der Waals surface area contributed by atoms with Crippen LogP contribution in [0.25, 0.3) is 0 Å². The van der Waals surface area contributed by atoms with Crippen LogP contribution >= 0.6 is 11.8 Å². The van der Waals surface area contributed by atoms with E-state index in [0.29, 0.717) is 17.0 Å². The molecule has 4 heteroatoms. The number of hydrogen-bond donors (Lipinski definition) is 1. The van der Waals surface area contributed by atoms with Crippen molar-refractivity contribution in [2.45, 2.75) is 22.6 Å². The number of benzene rings is 1. The summed E-state index contributed by atoms with van der Waals surface area (Å²) in [5.74, 6) is 1.18. The van der Waals surface area contributed by atoms with Gasteiger partial charge in [0.15, 0.2) is 5.82 Å². The molecule has 0 bridgehead atoms. The molecule has 17 heavy (non-hydrogen) atoms. The van der Waals surface area contributed by atoms with E-state index in [1.165, 1.54) is 12.0 Å². The normalized spacial score (nSPS) is 22.4. The van der Waals surface area contributed by atoms with Gasteiger partial charge in [-0.1, -0.05) is 42.1 Å². The number of hydrogen-bond acceptors (Lipinski definition) is 4. The van der Waals surface area contributed by atoms with Gasteiger partial charge in [-0.15, -0.1) is 0 Å². The first kappa shape index (κ1) is 10.6. The van der Waals surface area contributed by atoms with Gasteiger partial charge >= 0.3 is 0 Å². The minimum atomic E-state index is 0.538. The smallest absolute Gasteiger partial charge is 0.156 e. The van der Waals surface area contributed by atoms with Crippen LogP contribution in [-0.2, 0) is 0 Å². The van der Waals surface area contributed by atoms with Gasteiger partial charge < -0.3 is 5.73 Å². The second-order valence-corrected chi connectivity index (χ2v) is 5.38. The van der Waals surface area contributed by atoms with Gasteiger partial charge in [-0.3, -0.25) is 0 Å². The number of anilines is 1. The van der Waals surface area contributed by atoms with Gasteiger partial charge in [0.2, 0.25) is 0 Å². The Balaban J connectivity index is 1.69. The molecule has 0 spiro atoms. The molecule has 1 aromatic heterocycles. The van der Waals surface area contributed by atoms with Crippen molar-refractivity contribution in [3.05, 3.63) is 48.3 Å². The van der Waals surface area contributed by atoms with Gasteiger partial charge in [-0.2, -0.15) is 0 Å². The molecule has 3 nitrogen and oxygen atoms in total. The summed E-state index contributed by atoms with van der Waals surface area (Å²) in [4.78, 5) is 8.31. The Bertz CT molecular complexity index is 515. The van der Waals surface area contributed by atoms with Gasteiger partial charge in [0.25, 0.3) is 0 Å². The largest absolute Gasteiger partial charge is 0.381 e. The van der Waals surface area contributed by atoms with Gasteiger partial charge in [0, 0.05) is 17.6 Å². The van der Waals surface area contributed by atoms with Crippen LogP contribution in [0, 0.1) is 0 Å². The summed E-state index contributed by atoms with van der Waals surface area (Å²) >= 11 is 1.74. The van der Waals surface area contributed by atoms with Crippen LogP contribution in [0.2, 0.25) is 0 Å². The summed E-state index contributed by atoms with van der Waals surface area (Å²) in [7, 11) is 0. The second-order valence-electron chi connectivity index (χ2n) is 4.16. The van der Waals surface area contributed by atoms with Gasteiger partial charge in [0.05, 0.1) is 0 Å². The predicted molar refractivity (Wildman–Crippen MR) is 69.9 cm³/mol. The van der Waals surface area contributed by atoms with Crippen molar-refractivity contribution in [3.63, 3.8) is 0 Å². The number of nitrogens with two attached hydrogens (primary N) is 1. The van der Waals surface area contributed by atoms with Crippen molar-refractivity contribution < 1.29 is 0 Å². The molecule has 1 aliphatic rings. The average Bonchev–Trinajstić information content (AvgIpc) is 3.13. The standard InChI is InChI=1S/C13H13N3S/c14-12-13(16-7-6-15-12)17-11-8-10(11)9-4-2-1-3-5-9/h1-7,10-11H,8H2,(H2,14,15). The van der Waals surface area contributed by atoms with E-state index in [1.54, 1.807) is 24.2 Å². The van der Waals surface area contributed by atoms with Crippen LogP contribution in [0.15, 0.2) is 47.8 Å². The second kappa shape index (κ2) is 4.37. The fourth-order valence-electron chi connectivity index (χ4n) is 1.92. The zero-order valence-electron chi connectivity index (χ0n) is 9.28. The molecule has 3 rings (SSSR count). The molecular formula is C13H13N3S. The van der Waals surface area contributed by atoms with E-state index in [9.17, 15) is 0 Å². The Morgan fingerprint density at radius 2 is 1.88 bits per heavy atom. The minimum Gasteiger partial charge on any atom is -0.381 e. The molecule has 0 radical (unpaired) electrons. The maximum Gasteiger partial charge on any atom is 0.156 e. The maximum atomic E-state index is 5.79. The van der Waals surface area contributed by atoms with Crippen LogP contribution in [0.1, 0.15) is 17.9 Å². The maximum absolute atomic E-state index is 5.79. The average molecular weight is 243 g/mol. The van der Waals surface area contributed by atoms with Gasteiger partial charge in [-0.05, 0) is 17.9 Å². The summed E-state index contributed by atoms with van der Waals surface area (Å²) in [6.07, 6.45) is 4.52. The molecule has 1 saturated carbocycles. The number of nitrogens with zero attached hydrogens (tertiary/aromatic N) is 2. The molecule has 0 saturated heterocycles. The number of rotatable bonds is 3. The van der Waals surface area contributed by atoms with Crippen molar-refractivity contribution in [2.24, 2.45) is 0 Å². The quantitative estimate of drug-likeness (QED) is 0.900. The van der Waals surface area contributed by atoms with Crippen molar-refractivity contribution in [3.8, 4) is 0 Å². The SMILES string of the molecule is Nc1nccnc1SC1CC1c1ccccc1. The van der Waals surface area contributed by atoms with Crippen molar-refractivity contribution in [1.29, 1.82) is 0 Å². The summed E-state index contributed by atoms with van der Waals surface area (Å²) in [6, 6.07) is 10.6. The van der Waals surface area contributed by atoms with Crippen LogP contribution in [0.3, 0.4) is 0 Å². The lowest BCUT2D eigenvalue weighted by atomic mass is 10.1. The lowest BCUT2D eigenvalue weighted by molar-refractivity contribution is 1.06. The predicted octanol–water partition coefficient (Wildman–Crippen LogP) is 2.71. The first-order valence-corrected chi connectivity index (χ1v) is 6.50. The van der Waals surface area contributed by atoms with Crippen LogP contribution in [-0.4, -0.2) is 15.2 Å². The Labute approximate surface area is 104 Å². The van der Waals surface area contributed by atoms with Crippen LogP contribution in [0.5, 0.6) is 0 Å². The number of nitrogen functional groups attached to an aromatic ring is 1. The van der Waals surface area contributed by atoms with Gasteiger partial charge in [-0.25, -0.2) is 9.97 Å². The molecule has 2 N–H and O–H groups in total. The Hall–Kier alpha value is -1.55. The molecule has 2 unspecified atom stereocenters. The van der Waals surface area contributed by atoms with E-state index >= 15 is 0 Å². The van der Waals surface area contributed by atoms with Crippen molar-refractivity contribution in [2.75, 3.05) is 5.73 Å². The third-order valence-corrected chi connectivity index (χ3v) is 4.28. The molecule has 2 aromatic rings. The first-order chi connectivity index (χ1) is 8.34. The molecule has 2 atom stereocenters. The summed E-state index contributed by atoms with van der Waals surface area (Å²) < 4.78 is 0.